The third kappa shape index (κ3) is 5.22. The molecule has 2 atom stereocenters. The SMILES string of the molecule is CCCCC(CC)C(=O)N[C@@H](C)CN. The Morgan fingerprint density at radius 1 is 1.43 bits per heavy atom. The van der Waals surface area contributed by atoms with Crippen molar-refractivity contribution in [2.24, 2.45) is 11.7 Å². The Bertz CT molecular complexity index is 159. The second-order valence-corrected chi connectivity index (χ2v) is 3.89. The maximum absolute atomic E-state index is 11.7. The summed E-state index contributed by atoms with van der Waals surface area (Å²) in [6, 6.07) is 0.0955. The summed E-state index contributed by atoms with van der Waals surface area (Å²) in [5.41, 5.74) is 5.45. The monoisotopic (exact) mass is 200 g/mol. The van der Waals surface area contributed by atoms with Gasteiger partial charge in [0.05, 0.1) is 0 Å². The van der Waals surface area contributed by atoms with E-state index in [1.165, 1.54) is 0 Å². The lowest BCUT2D eigenvalue weighted by atomic mass is 9.98. The minimum atomic E-state index is 0.0955. The van der Waals surface area contributed by atoms with E-state index in [-0.39, 0.29) is 17.9 Å². The second-order valence-electron chi connectivity index (χ2n) is 3.89. The average Bonchev–Trinajstić information content (AvgIpc) is 2.18. The number of nitrogens with one attached hydrogen (secondary N) is 1. The molecule has 0 aromatic rings. The van der Waals surface area contributed by atoms with Crippen LogP contribution in [-0.4, -0.2) is 18.5 Å². The number of amides is 1. The van der Waals surface area contributed by atoms with E-state index in [1.54, 1.807) is 0 Å². The van der Waals surface area contributed by atoms with Crippen molar-refractivity contribution in [3.8, 4) is 0 Å². The van der Waals surface area contributed by atoms with Crippen LogP contribution in [0.4, 0.5) is 0 Å². The van der Waals surface area contributed by atoms with Crippen LogP contribution in [0.5, 0.6) is 0 Å². The predicted molar refractivity (Wildman–Crippen MR) is 60.0 cm³/mol. The van der Waals surface area contributed by atoms with Gasteiger partial charge in [-0.3, -0.25) is 4.79 Å². The summed E-state index contributed by atoms with van der Waals surface area (Å²) in [6.07, 6.45) is 4.19. The van der Waals surface area contributed by atoms with Gasteiger partial charge in [-0.25, -0.2) is 0 Å². The van der Waals surface area contributed by atoms with Gasteiger partial charge in [0.2, 0.25) is 5.91 Å². The third-order valence-electron chi connectivity index (χ3n) is 2.51. The molecule has 0 saturated heterocycles. The zero-order chi connectivity index (χ0) is 11.0. The van der Waals surface area contributed by atoms with Crippen molar-refractivity contribution in [3.63, 3.8) is 0 Å². The smallest absolute Gasteiger partial charge is 0.223 e. The number of hydrogen-bond acceptors (Lipinski definition) is 2. The molecule has 0 fully saturated rings. The minimum Gasteiger partial charge on any atom is -0.352 e. The molecule has 14 heavy (non-hydrogen) atoms. The molecule has 1 unspecified atom stereocenters. The van der Waals surface area contributed by atoms with Gasteiger partial charge in [-0.15, -0.1) is 0 Å². The first-order valence-corrected chi connectivity index (χ1v) is 5.66. The van der Waals surface area contributed by atoms with E-state index in [4.69, 9.17) is 5.73 Å². The van der Waals surface area contributed by atoms with Crippen molar-refractivity contribution in [1.29, 1.82) is 0 Å². The maximum Gasteiger partial charge on any atom is 0.223 e. The molecular formula is C11H24N2O. The lowest BCUT2D eigenvalue weighted by Crippen LogP contribution is -2.41. The fourth-order valence-corrected chi connectivity index (χ4v) is 1.39. The molecule has 3 nitrogen and oxygen atoms in total. The normalized spacial score (nSPS) is 14.9. The van der Waals surface area contributed by atoms with Crippen LogP contribution in [0.3, 0.4) is 0 Å². The van der Waals surface area contributed by atoms with Gasteiger partial charge in [0.25, 0.3) is 0 Å². The zero-order valence-corrected chi connectivity index (χ0v) is 9.68. The number of hydrogen-bond donors (Lipinski definition) is 2. The third-order valence-corrected chi connectivity index (χ3v) is 2.51. The average molecular weight is 200 g/mol. The van der Waals surface area contributed by atoms with Crippen molar-refractivity contribution in [3.05, 3.63) is 0 Å². The summed E-state index contributed by atoms with van der Waals surface area (Å²) in [4.78, 5) is 11.7. The molecule has 0 saturated carbocycles. The highest BCUT2D eigenvalue weighted by molar-refractivity contribution is 5.78. The molecule has 0 heterocycles. The first-order chi connectivity index (χ1) is 6.65. The van der Waals surface area contributed by atoms with E-state index >= 15 is 0 Å². The molecule has 1 amide bonds. The first-order valence-electron chi connectivity index (χ1n) is 5.66. The standard InChI is InChI=1S/C11H24N2O/c1-4-6-7-10(5-2)11(14)13-9(3)8-12/h9-10H,4-8,12H2,1-3H3,(H,13,14)/t9-,10?/m0/s1. The molecule has 84 valence electrons. The first kappa shape index (κ1) is 13.4. The molecule has 0 aliphatic carbocycles. The van der Waals surface area contributed by atoms with Crippen LogP contribution >= 0.6 is 0 Å². The molecule has 0 radical (unpaired) electrons. The van der Waals surface area contributed by atoms with Crippen LogP contribution in [0.2, 0.25) is 0 Å². The second kappa shape index (κ2) is 7.80. The van der Waals surface area contributed by atoms with E-state index in [9.17, 15) is 4.79 Å². The van der Waals surface area contributed by atoms with Crippen molar-refractivity contribution < 1.29 is 4.79 Å². The van der Waals surface area contributed by atoms with Crippen LogP contribution in [0.25, 0.3) is 0 Å². The molecule has 0 rings (SSSR count). The van der Waals surface area contributed by atoms with Crippen LogP contribution in [0.1, 0.15) is 46.5 Å². The lowest BCUT2D eigenvalue weighted by Gasteiger charge is -2.17. The van der Waals surface area contributed by atoms with Crippen molar-refractivity contribution in [1.82, 2.24) is 5.32 Å². The highest BCUT2D eigenvalue weighted by atomic mass is 16.1. The maximum atomic E-state index is 11.7. The van der Waals surface area contributed by atoms with Gasteiger partial charge < -0.3 is 11.1 Å². The molecule has 3 heteroatoms. The Balaban J connectivity index is 3.90. The fourth-order valence-electron chi connectivity index (χ4n) is 1.39. The number of unbranched alkanes of at least 4 members (excludes halogenated alkanes) is 1. The Morgan fingerprint density at radius 3 is 2.50 bits per heavy atom. The van der Waals surface area contributed by atoms with Crippen molar-refractivity contribution in [2.45, 2.75) is 52.5 Å². The summed E-state index contributed by atoms with van der Waals surface area (Å²) in [7, 11) is 0. The zero-order valence-electron chi connectivity index (χ0n) is 9.68. The fraction of sp³-hybridized carbons (Fsp3) is 0.909. The Hall–Kier alpha value is -0.570. The number of rotatable bonds is 7. The van der Waals surface area contributed by atoms with Gasteiger partial charge in [0.1, 0.15) is 0 Å². The van der Waals surface area contributed by atoms with E-state index < -0.39 is 0 Å². The van der Waals surface area contributed by atoms with E-state index in [2.05, 4.69) is 19.2 Å². The largest absolute Gasteiger partial charge is 0.352 e. The van der Waals surface area contributed by atoms with Gasteiger partial charge >= 0.3 is 0 Å². The number of carbonyl (C=O) groups excluding carboxylic acids is 1. The summed E-state index contributed by atoms with van der Waals surface area (Å²) in [5, 5.41) is 2.93. The van der Waals surface area contributed by atoms with E-state index in [1.807, 2.05) is 6.92 Å². The Morgan fingerprint density at radius 2 is 2.07 bits per heavy atom. The molecule has 0 aliphatic rings. The predicted octanol–water partition coefficient (Wildman–Crippen LogP) is 1.67. The van der Waals surface area contributed by atoms with Gasteiger partial charge in [0, 0.05) is 18.5 Å². The van der Waals surface area contributed by atoms with Gasteiger partial charge in [-0.2, -0.15) is 0 Å². The summed E-state index contributed by atoms with van der Waals surface area (Å²) >= 11 is 0. The minimum absolute atomic E-state index is 0.0955. The van der Waals surface area contributed by atoms with Crippen LogP contribution in [0.15, 0.2) is 0 Å². The topological polar surface area (TPSA) is 55.1 Å². The lowest BCUT2D eigenvalue weighted by molar-refractivity contribution is -0.125. The van der Waals surface area contributed by atoms with Crippen molar-refractivity contribution in [2.75, 3.05) is 6.54 Å². The Labute approximate surface area is 87.4 Å². The number of nitrogens with two attached hydrogens (primary N) is 1. The van der Waals surface area contributed by atoms with E-state index in [0.29, 0.717) is 6.54 Å². The van der Waals surface area contributed by atoms with Gasteiger partial charge in [0.15, 0.2) is 0 Å². The quantitative estimate of drug-likeness (QED) is 0.657. The summed E-state index contributed by atoms with van der Waals surface area (Å²) < 4.78 is 0. The van der Waals surface area contributed by atoms with Gasteiger partial charge in [-0.05, 0) is 19.8 Å². The molecular weight excluding hydrogens is 176 g/mol. The summed E-state index contributed by atoms with van der Waals surface area (Å²) in [6.45, 7) is 6.65. The molecule has 0 aromatic heterocycles. The summed E-state index contributed by atoms with van der Waals surface area (Å²) in [5.74, 6) is 0.336. The number of carbonyl (C=O) groups is 1. The highest BCUT2D eigenvalue weighted by Crippen LogP contribution is 2.12. The molecule has 0 bridgehead atoms. The highest BCUT2D eigenvalue weighted by Gasteiger charge is 2.16. The van der Waals surface area contributed by atoms with Crippen molar-refractivity contribution >= 4 is 5.91 Å². The molecule has 0 aromatic carbocycles. The Kier molecular flexibility index (Phi) is 7.48. The van der Waals surface area contributed by atoms with Gasteiger partial charge in [-0.1, -0.05) is 26.7 Å². The van der Waals surface area contributed by atoms with Crippen LogP contribution < -0.4 is 11.1 Å². The molecule has 0 spiro atoms. The molecule has 3 N–H and O–H groups in total. The van der Waals surface area contributed by atoms with Crippen LogP contribution in [-0.2, 0) is 4.79 Å². The van der Waals surface area contributed by atoms with Crippen LogP contribution in [0, 0.1) is 5.92 Å². The molecule has 0 aliphatic heterocycles. The van der Waals surface area contributed by atoms with E-state index in [0.717, 1.165) is 25.7 Å².